The standard InChI is InChI=1S/C22H22ClN3O/c1-4-16-8-10-17(11-9-16)22-24-21(14-20(27)12-15(2)3)26(25-22)19-7-5-6-18(23)13-19/h4-11,13,15H,1,12,14H2,2-3H3. The topological polar surface area (TPSA) is 47.8 Å². The third-order valence-electron chi connectivity index (χ3n) is 4.12. The number of benzene rings is 2. The van der Waals surface area contributed by atoms with Crippen molar-refractivity contribution in [2.45, 2.75) is 26.7 Å². The Labute approximate surface area is 164 Å². The third kappa shape index (κ3) is 4.72. The van der Waals surface area contributed by atoms with E-state index in [-0.39, 0.29) is 12.2 Å². The van der Waals surface area contributed by atoms with Crippen LogP contribution in [0.1, 0.15) is 31.7 Å². The van der Waals surface area contributed by atoms with Gasteiger partial charge in [0.1, 0.15) is 11.6 Å². The number of nitrogens with zero attached hydrogens (tertiary/aromatic N) is 3. The molecule has 1 heterocycles. The van der Waals surface area contributed by atoms with Crippen LogP contribution in [0.5, 0.6) is 0 Å². The molecule has 138 valence electrons. The lowest BCUT2D eigenvalue weighted by Gasteiger charge is -2.07. The number of ketones is 1. The first-order valence-corrected chi connectivity index (χ1v) is 9.30. The lowest BCUT2D eigenvalue weighted by atomic mass is 10.1. The molecular formula is C22H22ClN3O. The van der Waals surface area contributed by atoms with Crippen molar-refractivity contribution in [2.75, 3.05) is 0 Å². The van der Waals surface area contributed by atoms with Crippen molar-refractivity contribution in [3.8, 4) is 17.1 Å². The van der Waals surface area contributed by atoms with Gasteiger partial charge in [0.2, 0.25) is 0 Å². The van der Waals surface area contributed by atoms with E-state index in [1.54, 1.807) is 16.8 Å². The fraction of sp³-hybridized carbons (Fsp3) is 0.227. The van der Waals surface area contributed by atoms with Crippen molar-refractivity contribution in [1.82, 2.24) is 14.8 Å². The molecule has 2 aromatic carbocycles. The maximum absolute atomic E-state index is 12.4. The fourth-order valence-corrected chi connectivity index (χ4v) is 3.05. The second-order valence-electron chi connectivity index (χ2n) is 6.88. The molecule has 0 amide bonds. The minimum absolute atomic E-state index is 0.147. The molecular weight excluding hydrogens is 358 g/mol. The van der Waals surface area contributed by atoms with Gasteiger partial charge in [-0.25, -0.2) is 9.67 Å². The van der Waals surface area contributed by atoms with Crippen LogP contribution in [-0.2, 0) is 11.2 Å². The molecule has 27 heavy (non-hydrogen) atoms. The lowest BCUT2D eigenvalue weighted by molar-refractivity contribution is -0.119. The van der Waals surface area contributed by atoms with Crippen molar-refractivity contribution >= 4 is 23.5 Å². The molecule has 5 heteroatoms. The number of aromatic nitrogens is 3. The summed E-state index contributed by atoms with van der Waals surface area (Å²) in [6.07, 6.45) is 2.55. The SMILES string of the molecule is C=Cc1ccc(-c2nc(CC(=O)CC(C)C)n(-c3cccc(Cl)c3)n2)cc1. The van der Waals surface area contributed by atoms with Gasteiger partial charge in [0.15, 0.2) is 5.82 Å². The Morgan fingerprint density at radius 2 is 1.96 bits per heavy atom. The Morgan fingerprint density at radius 3 is 2.59 bits per heavy atom. The second kappa shape index (κ2) is 8.31. The van der Waals surface area contributed by atoms with Crippen LogP contribution >= 0.6 is 11.6 Å². The van der Waals surface area contributed by atoms with Crippen LogP contribution in [0.2, 0.25) is 5.02 Å². The number of carbonyl (C=O) groups is 1. The summed E-state index contributed by atoms with van der Waals surface area (Å²) in [5, 5.41) is 5.26. The van der Waals surface area contributed by atoms with Gasteiger partial charge in [0.05, 0.1) is 12.1 Å². The number of Topliss-reactive ketones (excluding diaryl/α,β-unsaturated/α-hetero) is 1. The molecule has 0 aliphatic rings. The monoisotopic (exact) mass is 379 g/mol. The predicted molar refractivity (Wildman–Crippen MR) is 110 cm³/mol. The van der Waals surface area contributed by atoms with Crippen LogP contribution in [0.15, 0.2) is 55.1 Å². The summed E-state index contributed by atoms with van der Waals surface area (Å²) < 4.78 is 1.71. The molecule has 3 rings (SSSR count). The quantitative estimate of drug-likeness (QED) is 0.553. The van der Waals surface area contributed by atoms with E-state index in [1.165, 1.54) is 0 Å². The van der Waals surface area contributed by atoms with E-state index >= 15 is 0 Å². The maximum Gasteiger partial charge on any atom is 0.181 e. The zero-order chi connectivity index (χ0) is 19.4. The van der Waals surface area contributed by atoms with Crippen molar-refractivity contribution in [1.29, 1.82) is 0 Å². The molecule has 0 saturated heterocycles. The van der Waals surface area contributed by atoms with Crippen LogP contribution in [0.25, 0.3) is 23.2 Å². The molecule has 1 aromatic heterocycles. The van der Waals surface area contributed by atoms with Crippen LogP contribution in [-0.4, -0.2) is 20.5 Å². The molecule has 0 unspecified atom stereocenters. The molecule has 0 fully saturated rings. The summed E-state index contributed by atoms with van der Waals surface area (Å²) in [6, 6.07) is 15.2. The smallest absolute Gasteiger partial charge is 0.181 e. The minimum atomic E-state index is 0.147. The summed E-state index contributed by atoms with van der Waals surface area (Å²) in [4.78, 5) is 17.0. The first-order valence-electron chi connectivity index (χ1n) is 8.92. The molecule has 3 aromatic rings. The van der Waals surface area contributed by atoms with Crippen molar-refractivity contribution in [3.63, 3.8) is 0 Å². The van der Waals surface area contributed by atoms with Crippen LogP contribution < -0.4 is 0 Å². The zero-order valence-electron chi connectivity index (χ0n) is 15.5. The van der Waals surface area contributed by atoms with Gasteiger partial charge in [-0.05, 0) is 29.7 Å². The summed E-state index contributed by atoms with van der Waals surface area (Å²) in [5.41, 5.74) is 2.70. The first-order chi connectivity index (χ1) is 13.0. The first kappa shape index (κ1) is 19.1. The van der Waals surface area contributed by atoms with Crippen LogP contribution in [0.4, 0.5) is 0 Å². The summed E-state index contributed by atoms with van der Waals surface area (Å²) in [7, 11) is 0. The number of carbonyl (C=O) groups excluding carboxylic acids is 1. The highest BCUT2D eigenvalue weighted by Crippen LogP contribution is 2.22. The van der Waals surface area contributed by atoms with E-state index in [9.17, 15) is 4.79 Å². The lowest BCUT2D eigenvalue weighted by Crippen LogP contribution is -2.11. The van der Waals surface area contributed by atoms with E-state index < -0.39 is 0 Å². The van der Waals surface area contributed by atoms with Crippen LogP contribution in [0.3, 0.4) is 0 Å². The largest absolute Gasteiger partial charge is 0.299 e. The Kier molecular flexibility index (Phi) is 5.87. The second-order valence-corrected chi connectivity index (χ2v) is 7.32. The number of hydrogen-bond acceptors (Lipinski definition) is 3. The molecule has 0 spiro atoms. The van der Waals surface area contributed by atoms with Gasteiger partial charge in [-0.15, -0.1) is 5.10 Å². The summed E-state index contributed by atoms with van der Waals surface area (Å²) >= 11 is 6.14. The van der Waals surface area contributed by atoms with E-state index in [4.69, 9.17) is 11.6 Å². The van der Waals surface area contributed by atoms with Gasteiger partial charge in [-0.1, -0.05) is 68.4 Å². The average molecular weight is 380 g/mol. The molecule has 0 aliphatic carbocycles. The maximum atomic E-state index is 12.4. The highest BCUT2D eigenvalue weighted by Gasteiger charge is 2.17. The Hall–Kier alpha value is -2.72. The van der Waals surface area contributed by atoms with Gasteiger partial charge in [-0.3, -0.25) is 4.79 Å². The fourth-order valence-electron chi connectivity index (χ4n) is 2.87. The number of halogens is 1. The Bertz CT molecular complexity index is 958. The van der Waals surface area contributed by atoms with Gasteiger partial charge < -0.3 is 0 Å². The molecule has 0 N–H and O–H groups in total. The van der Waals surface area contributed by atoms with Gasteiger partial charge in [0.25, 0.3) is 0 Å². The molecule has 0 saturated carbocycles. The van der Waals surface area contributed by atoms with E-state index in [0.717, 1.165) is 16.8 Å². The summed E-state index contributed by atoms with van der Waals surface area (Å²) in [6.45, 7) is 7.84. The number of hydrogen-bond donors (Lipinski definition) is 0. The highest BCUT2D eigenvalue weighted by molar-refractivity contribution is 6.30. The zero-order valence-corrected chi connectivity index (χ0v) is 16.3. The number of rotatable bonds is 7. The molecule has 0 aliphatic heterocycles. The third-order valence-corrected chi connectivity index (χ3v) is 4.36. The van der Waals surface area contributed by atoms with E-state index in [1.807, 2.05) is 56.3 Å². The van der Waals surface area contributed by atoms with Crippen LogP contribution in [0, 0.1) is 5.92 Å². The molecule has 4 nitrogen and oxygen atoms in total. The Morgan fingerprint density at radius 1 is 1.22 bits per heavy atom. The summed E-state index contributed by atoms with van der Waals surface area (Å²) in [5.74, 6) is 1.66. The van der Waals surface area contributed by atoms with Gasteiger partial charge in [-0.2, -0.15) is 0 Å². The molecule has 0 radical (unpaired) electrons. The molecule has 0 bridgehead atoms. The van der Waals surface area contributed by atoms with Crippen molar-refractivity contribution < 1.29 is 4.79 Å². The van der Waals surface area contributed by atoms with Crippen molar-refractivity contribution in [2.24, 2.45) is 5.92 Å². The average Bonchev–Trinajstić information content (AvgIpc) is 3.04. The highest BCUT2D eigenvalue weighted by atomic mass is 35.5. The van der Waals surface area contributed by atoms with Gasteiger partial charge in [0, 0.05) is 17.0 Å². The predicted octanol–water partition coefficient (Wildman–Crippen LogP) is 5.39. The molecule has 0 atom stereocenters. The van der Waals surface area contributed by atoms with E-state index in [2.05, 4.69) is 16.7 Å². The van der Waals surface area contributed by atoms with Crippen molar-refractivity contribution in [3.05, 3.63) is 71.5 Å². The minimum Gasteiger partial charge on any atom is -0.299 e. The van der Waals surface area contributed by atoms with Gasteiger partial charge >= 0.3 is 0 Å². The Balaban J connectivity index is 2.02. The normalized spacial score (nSPS) is 11.0. The van der Waals surface area contributed by atoms with E-state index in [0.29, 0.717) is 29.0 Å².